The number of rotatable bonds is 2. The van der Waals surface area contributed by atoms with Gasteiger partial charge in [-0.05, 0) is 48.6 Å². The van der Waals surface area contributed by atoms with Gasteiger partial charge in [0.25, 0.3) is 5.56 Å². The second-order valence-electron chi connectivity index (χ2n) is 5.45. The smallest absolute Gasteiger partial charge is 0.273 e. The van der Waals surface area contributed by atoms with Crippen LogP contribution in [-0.2, 0) is 0 Å². The lowest BCUT2D eigenvalue weighted by molar-refractivity contribution is 0.908. The van der Waals surface area contributed by atoms with Gasteiger partial charge in [0, 0.05) is 6.20 Å². The summed E-state index contributed by atoms with van der Waals surface area (Å²) >= 11 is 6.17. The van der Waals surface area contributed by atoms with Crippen molar-refractivity contribution in [3.8, 4) is 5.82 Å². The van der Waals surface area contributed by atoms with Crippen molar-refractivity contribution >= 4 is 22.5 Å². The largest absolute Gasteiger partial charge is 0.334 e. The van der Waals surface area contributed by atoms with E-state index in [9.17, 15) is 9.59 Å². The molecule has 0 radical (unpaired) electrons. The minimum Gasteiger partial charge on any atom is -0.273 e. The molecule has 2 aromatic heterocycles. The molecule has 1 N–H and O–H groups in total. The molecule has 0 unspecified atom stereocenters. The second kappa shape index (κ2) is 4.81. The van der Waals surface area contributed by atoms with E-state index in [-0.39, 0.29) is 0 Å². The van der Waals surface area contributed by atoms with Crippen molar-refractivity contribution in [3.63, 3.8) is 0 Å². The van der Waals surface area contributed by atoms with Crippen molar-refractivity contribution in [2.45, 2.75) is 18.8 Å². The van der Waals surface area contributed by atoms with Crippen LogP contribution < -0.4 is 11.2 Å². The lowest BCUT2D eigenvalue weighted by Crippen LogP contribution is -2.30. The number of pyridine rings is 1. The molecule has 1 saturated carbocycles. The molecule has 3 aromatic rings. The molecule has 0 amide bonds. The number of nitrogens with zero attached hydrogens (tertiary/aromatic N) is 2. The maximum Gasteiger partial charge on any atom is 0.334 e. The summed E-state index contributed by atoms with van der Waals surface area (Å²) in [6.07, 6.45) is 3.85. The van der Waals surface area contributed by atoms with Crippen LogP contribution in [0, 0.1) is 0 Å². The van der Waals surface area contributed by atoms with E-state index in [4.69, 9.17) is 11.6 Å². The summed E-state index contributed by atoms with van der Waals surface area (Å²) in [6, 6.07) is 8.96. The van der Waals surface area contributed by atoms with Crippen LogP contribution in [0.2, 0.25) is 5.02 Å². The Kier molecular flexibility index (Phi) is 2.90. The molecule has 0 aliphatic heterocycles. The molecule has 1 aliphatic rings. The van der Waals surface area contributed by atoms with Crippen molar-refractivity contribution in [1.82, 2.24) is 14.5 Å². The number of benzene rings is 1. The first-order valence-electron chi connectivity index (χ1n) is 7.05. The first-order valence-corrected chi connectivity index (χ1v) is 7.43. The Morgan fingerprint density at radius 1 is 1.23 bits per heavy atom. The third kappa shape index (κ3) is 2.05. The van der Waals surface area contributed by atoms with Crippen LogP contribution in [0.5, 0.6) is 0 Å². The van der Waals surface area contributed by atoms with Gasteiger partial charge in [-0.15, -0.1) is 0 Å². The van der Waals surface area contributed by atoms with Crippen molar-refractivity contribution in [2.24, 2.45) is 0 Å². The summed E-state index contributed by atoms with van der Waals surface area (Å²) in [7, 11) is 0. The Morgan fingerprint density at radius 2 is 2.05 bits per heavy atom. The van der Waals surface area contributed by atoms with Crippen LogP contribution in [0.15, 0.2) is 46.1 Å². The molecule has 2 heterocycles. The van der Waals surface area contributed by atoms with E-state index in [1.807, 2.05) is 12.1 Å². The number of nitrogens with one attached hydrogen (secondary N) is 1. The third-order valence-electron chi connectivity index (χ3n) is 3.93. The number of hydrogen-bond donors (Lipinski definition) is 1. The van der Waals surface area contributed by atoms with Crippen molar-refractivity contribution in [1.29, 1.82) is 0 Å². The predicted octanol–water partition coefficient (Wildman–Crippen LogP) is 2.60. The average molecular weight is 314 g/mol. The monoisotopic (exact) mass is 313 g/mol. The molecular weight excluding hydrogens is 302 g/mol. The van der Waals surface area contributed by atoms with Gasteiger partial charge in [0.15, 0.2) is 5.82 Å². The van der Waals surface area contributed by atoms with Crippen molar-refractivity contribution in [2.75, 3.05) is 0 Å². The SMILES string of the molecule is O=c1[nH]c(=O)n(-c2ncccc2Cl)c2cc(C3CC3)ccc12. The number of halogens is 1. The first-order chi connectivity index (χ1) is 10.6. The van der Waals surface area contributed by atoms with E-state index < -0.39 is 11.2 Å². The minimum absolute atomic E-state index is 0.323. The lowest BCUT2D eigenvalue weighted by atomic mass is 10.1. The number of aromatic amines is 1. The Labute approximate surface area is 130 Å². The quantitative estimate of drug-likeness (QED) is 0.790. The highest BCUT2D eigenvalue weighted by atomic mass is 35.5. The van der Waals surface area contributed by atoms with E-state index in [1.165, 1.54) is 4.57 Å². The fourth-order valence-electron chi connectivity index (χ4n) is 2.68. The molecule has 0 atom stereocenters. The summed E-state index contributed by atoms with van der Waals surface area (Å²) in [5.41, 5.74) is 0.744. The first kappa shape index (κ1) is 13.3. The van der Waals surface area contributed by atoms with Gasteiger partial charge in [-0.2, -0.15) is 0 Å². The highest BCUT2D eigenvalue weighted by Crippen LogP contribution is 2.40. The number of hydrogen-bond acceptors (Lipinski definition) is 3. The average Bonchev–Trinajstić information content (AvgIpc) is 3.33. The van der Waals surface area contributed by atoms with Crippen molar-refractivity contribution < 1.29 is 0 Å². The van der Waals surface area contributed by atoms with Crippen LogP contribution >= 0.6 is 11.6 Å². The molecule has 1 aromatic carbocycles. The molecule has 1 aliphatic carbocycles. The van der Waals surface area contributed by atoms with Gasteiger partial charge in [-0.3, -0.25) is 9.78 Å². The molecule has 110 valence electrons. The highest BCUT2D eigenvalue weighted by Gasteiger charge is 2.24. The number of H-pyrrole nitrogens is 1. The molecular formula is C16H12ClN3O2. The zero-order valence-corrected chi connectivity index (χ0v) is 12.3. The normalized spacial score (nSPS) is 14.4. The Morgan fingerprint density at radius 3 is 2.77 bits per heavy atom. The standard InChI is InChI=1S/C16H12ClN3O2/c17-12-2-1-7-18-14(12)20-13-8-10(9-3-4-9)5-6-11(13)15(21)19-16(20)22/h1-2,5-9H,3-4H2,(H,19,21,22). The van der Waals surface area contributed by atoms with E-state index in [0.29, 0.717) is 27.7 Å². The Balaban J connectivity index is 2.12. The molecule has 0 saturated heterocycles. The number of aromatic nitrogens is 3. The molecule has 5 nitrogen and oxygen atoms in total. The zero-order valence-electron chi connectivity index (χ0n) is 11.5. The highest BCUT2D eigenvalue weighted by molar-refractivity contribution is 6.32. The van der Waals surface area contributed by atoms with E-state index in [1.54, 1.807) is 24.4 Å². The predicted molar refractivity (Wildman–Crippen MR) is 84.9 cm³/mol. The summed E-state index contributed by atoms with van der Waals surface area (Å²) < 4.78 is 1.37. The lowest BCUT2D eigenvalue weighted by Gasteiger charge is -2.11. The molecule has 0 bridgehead atoms. The molecule has 0 spiro atoms. The summed E-state index contributed by atoms with van der Waals surface area (Å²) in [5, 5.41) is 0.806. The van der Waals surface area contributed by atoms with E-state index >= 15 is 0 Å². The van der Waals surface area contributed by atoms with Crippen molar-refractivity contribution in [3.05, 3.63) is 68.0 Å². The number of fused-ring (bicyclic) bond motifs is 1. The maximum atomic E-state index is 12.3. The molecule has 6 heteroatoms. The fourth-order valence-corrected chi connectivity index (χ4v) is 2.88. The van der Waals surface area contributed by atoms with E-state index in [2.05, 4.69) is 9.97 Å². The molecule has 1 fully saturated rings. The van der Waals surface area contributed by atoms with Gasteiger partial charge in [0.2, 0.25) is 0 Å². The van der Waals surface area contributed by atoms with Crippen LogP contribution in [0.1, 0.15) is 24.3 Å². The van der Waals surface area contributed by atoms with Gasteiger partial charge < -0.3 is 0 Å². The molecule has 4 rings (SSSR count). The van der Waals surface area contributed by atoms with Gasteiger partial charge in [-0.1, -0.05) is 17.7 Å². The molecule has 22 heavy (non-hydrogen) atoms. The van der Waals surface area contributed by atoms with Gasteiger partial charge in [0.1, 0.15) is 0 Å². The summed E-state index contributed by atoms with van der Waals surface area (Å²) in [5.74, 6) is 0.842. The van der Waals surface area contributed by atoms with Crippen LogP contribution in [-0.4, -0.2) is 14.5 Å². The van der Waals surface area contributed by atoms with Gasteiger partial charge >= 0.3 is 5.69 Å². The fraction of sp³-hybridized carbons (Fsp3) is 0.188. The van der Waals surface area contributed by atoms with E-state index in [0.717, 1.165) is 18.4 Å². The maximum absolute atomic E-state index is 12.3. The Hall–Kier alpha value is -2.40. The summed E-state index contributed by atoms with van der Waals surface area (Å²) in [4.78, 5) is 30.9. The zero-order chi connectivity index (χ0) is 15.3. The minimum atomic E-state index is -0.536. The topological polar surface area (TPSA) is 67.8 Å². The third-order valence-corrected chi connectivity index (χ3v) is 4.23. The Bertz CT molecular complexity index is 1000. The van der Waals surface area contributed by atoms with Crippen LogP contribution in [0.25, 0.3) is 16.7 Å². The summed E-state index contributed by atoms with van der Waals surface area (Å²) in [6.45, 7) is 0. The van der Waals surface area contributed by atoms with Gasteiger partial charge in [-0.25, -0.2) is 14.3 Å². The second-order valence-corrected chi connectivity index (χ2v) is 5.86. The van der Waals surface area contributed by atoms with Crippen LogP contribution in [0.4, 0.5) is 0 Å². The van der Waals surface area contributed by atoms with Crippen LogP contribution in [0.3, 0.4) is 0 Å². The van der Waals surface area contributed by atoms with Gasteiger partial charge in [0.05, 0.1) is 15.9 Å².